The number of ether oxygens (including phenoxy) is 2. The number of rotatable bonds is 4. The Hall–Kier alpha value is -2.43. The Bertz CT molecular complexity index is 840. The molecule has 0 aliphatic rings. The summed E-state index contributed by atoms with van der Waals surface area (Å²) in [5.74, 6) is 1.66. The minimum Gasteiger partial charge on any atom is -0.504 e. The van der Waals surface area contributed by atoms with E-state index in [4.69, 9.17) is 32.7 Å². The molecule has 3 rings (SSSR count). The van der Waals surface area contributed by atoms with E-state index in [9.17, 15) is 5.11 Å². The smallest absolute Gasteiger partial charge is 0.238 e. The first-order valence-electron chi connectivity index (χ1n) is 6.66. The van der Waals surface area contributed by atoms with Crippen LogP contribution in [0, 0.1) is 0 Å². The minimum absolute atomic E-state index is 0.0567. The Balaban J connectivity index is 1.81. The molecule has 0 amide bonds. The Morgan fingerprint density at radius 3 is 2.35 bits per heavy atom. The summed E-state index contributed by atoms with van der Waals surface area (Å²) in [5.41, 5.74) is 0. The third-order valence-electron chi connectivity index (χ3n) is 2.89. The van der Waals surface area contributed by atoms with E-state index in [1.165, 1.54) is 6.20 Å². The molecule has 1 aromatic heterocycles. The van der Waals surface area contributed by atoms with E-state index in [0.29, 0.717) is 27.3 Å². The molecule has 0 unspecified atom stereocenters. The fraction of sp³-hybridized carbons (Fsp3) is 0. The molecule has 23 heavy (non-hydrogen) atoms. The molecule has 0 atom stereocenters. The number of nitrogens with zero attached hydrogens (tertiary/aromatic N) is 1. The number of aromatic nitrogens is 1. The lowest BCUT2D eigenvalue weighted by molar-refractivity contribution is 0.407. The van der Waals surface area contributed by atoms with Crippen LogP contribution in [0.4, 0.5) is 0 Å². The van der Waals surface area contributed by atoms with E-state index in [1.807, 2.05) is 0 Å². The van der Waals surface area contributed by atoms with Gasteiger partial charge in [-0.05, 0) is 30.3 Å². The van der Waals surface area contributed by atoms with Crippen LogP contribution in [-0.2, 0) is 0 Å². The van der Waals surface area contributed by atoms with E-state index in [2.05, 4.69) is 4.98 Å². The van der Waals surface area contributed by atoms with Crippen molar-refractivity contribution in [2.75, 3.05) is 0 Å². The van der Waals surface area contributed by atoms with Crippen molar-refractivity contribution < 1.29 is 14.6 Å². The number of aromatic hydroxyl groups is 1. The molecule has 4 nitrogen and oxygen atoms in total. The number of hydrogen-bond donors (Lipinski definition) is 1. The van der Waals surface area contributed by atoms with Crippen molar-refractivity contribution in [2.45, 2.75) is 0 Å². The Kier molecular flexibility index (Phi) is 4.55. The molecule has 0 aliphatic carbocycles. The molecule has 6 heteroatoms. The third kappa shape index (κ3) is 3.86. The maximum absolute atomic E-state index is 9.74. The zero-order valence-electron chi connectivity index (χ0n) is 11.7. The summed E-state index contributed by atoms with van der Waals surface area (Å²) in [7, 11) is 0. The van der Waals surface area contributed by atoms with E-state index in [-0.39, 0.29) is 11.6 Å². The highest BCUT2D eigenvalue weighted by atomic mass is 35.5. The second kappa shape index (κ2) is 6.77. The molecule has 2 aromatic carbocycles. The van der Waals surface area contributed by atoms with Gasteiger partial charge in [-0.25, -0.2) is 4.98 Å². The van der Waals surface area contributed by atoms with Crippen LogP contribution in [0.3, 0.4) is 0 Å². The minimum atomic E-state index is 0.0567. The van der Waals surface area contributed by atoms with Crippen LogP contribution in [-0.4, -0.2) is 10.1 Å². The molecule has 3 aromatic rings. The molecule has 0 bridgehead atoms. The molecule has 1 N–H and O–H groups in total. The Labute approximate surface area is 142 Å². The largest absolute Gasteiger partial charge is 0.504 e. The first-order valence-corrected chi connectivity index (χ1v) is 7.42. The summed E-state index contributed by atoms with van der Waals surface area (Å²) >= 11 is 11.8. The fourth-order valence-electron chi connectivity index (χ4n) is 1.86. The summed E-state index contributed by atoms with van der Waals surface area (Å²) in [6.07, 6.45) is 1.45. The molecular formula is C17H11Cl2NO3. The Morgan fingerprint density at radius 2 is 1.61 bits per heavy atom. The summed E-state index contributed by atoms with van der Waals surface area (Å²) < 4.78 is 11.3. The molecule has 0 radical (unpaired) electrons. The predicted octanol–water partition coefficient (Wildman–Crippen LogP) is 5.68. The van der Waals surface area contributed by atoms with Gasteiger partial charge in [0.05, 0.1) is 5.02 Å². The zero-order valence-corrected chi connectivity index (χ0v) is 13.3. The van der Waals surface area contributed by atoms with Gasteiger partial charge in [-0.2, -0.15) is 0 Å². The van der Waals surface area contributed by atoms with Gasteiger partial charge in [-0.3, -0.25) is 0 Å². The van der Waals surface area contributed by atoms with Crippen LogP contribution in [0.2, 0.25) is 10.0 Å². The second-order valence-electron chi connectivity index (χ2n) is 4.59. The van der Waals surface area contributed by atoms with Crippen molar-refractivity contribution in [3.63, 3.8) is 0 Å². The van der Waals surface area contributed by atoms with Crippen LogP contribution in [0.5, 0.6) is 28.9 Å². The van der Waals surface area contributed by atoms with Crippen molar-refractivity contribution in [3.8, 4) is 28.9 Å². The molecular weight excluding hydrogens is 337 g/mol. The highest BCUT2D eigenvalue weighted by molar-refractivity contribution is 6.35. The second-order valence-corrected chi connectivity index (χ2v) is 5.43. The van der Waals surface area contributed by atoms with Gasteiger partial charge >= 0.3 is 0 Å². The van der Waals surface area contributed by atoms with Gasteiger partial charge in [-0.15, -0.1) is 0 Å². The van der Waals surface area contributed by atoms with Gasteiger partial charge in [0.15, 0.2) is 11.5 Å². The first kappa shape index (κ1) is 15.5. The van der Waals surface area contributed by atoms with Crippen LogP contribution < -0.4 is 9.47 Å². The number of benzene rings is 2. The lowest BCUT2D eigenvalue weighted by Crippen LogP contribution is -1.90. The lowest BCUT2D eigenvalue weighted by Gasteiger charge is -2.10. The van der Waals surface area contributed by atoms with Crippen molar-refractivity contribution in [1.82, 2.24) is 4.98 Å². The quantitative estimate of drug-likeness (QED) is 0.659. The predicted molar refractivity (Wildman–Crippen MR) is 89.0 cm³/mol. The van der Waals surface area contributed by atoms with Crippen LogP contribution in [0.25, 0.3) is 0 Å². The van der Waals surface area contributed by atoms with Gasteiger partial charge in [0.2, 0.25) is 5.88 Å². The van der Waals surface area contributed by atoms with Crippen molar-refractivity contribution in [3.05, 3.63) is 70.8 Å². The molecule has 0 spiro atoms. The normalized spacial score (nSPS) is 10.3. The van der Waals surface area contributed by atoms with Crippen LogP contribution in [0.15, 0.2) is 60.8 Å². The summed E-state index contributed by atoms with van der Waals surface area (Å²) in [6.45, 7) is 0. The number of phenols is 1. The number of halogens is 2. The van der Waals surface area contributed by atoms with Gasteiger partial charge in [0.1, 0.15) is 16.5 Å². The average Bonchev–Trinajstić information content (AvgIpc) is 2.53. The SMILES string of the molecule is Oc1ccccc1Oc1cccc(Oc2ncc(Cl)cc2Cl)c1. The monoisotopic (exact) mass is 347 g/mol. The summed E-state index contributed by atoms with van der Waals surface area (Å²) in [5, 5.41) is 10.5. The van der Waals surface area contributed by atoms with Crippen molar-refractivity contribution >= 4 is 23.2 Å². The molecule has 116 valence electrons. The highest BCUT2D eigenvalue weighted by Crippen LogP contribution is 2.34. The number of phenolic OH excluding ortho intramolecular Hbond substituents is 1. The maximum Gasteiger partial charge on any atom is 0.238 e. The van der Waals surface area contributed by atoms with Crippen LogP contribution >= 0.6 is 23.2 Å². The van der Waals surface area contributed by atoms with E-state index in [1.54, 1.807) is 54.6 Å². The zero-order chi connectivity index (χ0) is 16.2. The highest BCUT2D eigenvalue weighted by Gasteiger charge is 2.08. The molecule has 0 saturated carbocycles. The lowest BCUT2D eigenvalue weighted by atomic mass is 10.3. The topological polar surface area (TPSA) is 51.6 Å². The van der Waals surface area contributed by atoms with Crippen LogP contribution in [0.1, 0.15) is 0 Å². The standard InChI is InChI=1S/C17H11Cl2NO3/c18-11-8-14(19)17(20-10-11)23-13-5-3-4-12(9-13)22-16-7-2-1-6-15(16)21/h1-10,21H. The van der Waals surface area contributed by atoms with Crippen molar-refractivity contribution in [2.24, 2.45) is 0 Å². The fourth-order valence-corrected chi connectivity index (χ4v) is 2.28. The van der Waals surface area contributed by atoms with Gasteiger partial charge < -0.3 is 14.6 Å². The summed E-state index contributed by atoms with van der Waals surface area (Å²) in [4.78, 5) is 4.03. The Morgan fingerprint density at radius 1 is 0.870 bits per heavy atom. The number of pyridine rings is 1. The molecule has 0 saturated heterocycles. The van der Waals surface area contributed by atoms with E-state index in [0.717, 1.165) is 0 Å². The average molecular weight is 348 g/mol. The van der Waals surface area contributed by atoms with Gasteiger partial charge in [0.25, 0.3) is 0 Å². The van der Waals surface area contributed by atoms with Gasteiger partial charge in [0, 0.05) is 12.3 Å². The number of hydrogen-bond acceptors (Lipinski definition) is 4. The molecule has 0 aliphatic heterocycles. The van der Waals surface area contributed by atoms with Gasteiger partial charge in [-0.1, -0.05) is 41.4 Å². The maximum atomic E-state index is 9.74. The van der Waals surface area contributed by atoms with E-state index >= 15 is 0 Å². The first-order chi connectivity index (χ1) is 11.1. The summed E-state index contributed by atoms with van der Waals surface area (Å²) in [6, 6.07) is 15.2. The third-order valence-corrected chi connectivity index (χ3v) is 3.36. The van der Waals surface area contributed by atoms with E-state index < -0.39 is 0 Å². The molecule has 1 heterocycles. The molecule has 0 fully saturated rings. The number of para-hydroxylation sites is 2. The van der Waals surface area contributed by atoms with Crippen molar-refractivity contribution in [1.29, 1.82) is 0 Å².